The fourth-order valence-corrected chi connectivity index (χ4v) is 3.87. The number of benzene rings is 1. The number of halogens is 1. The van der Waals surface area contributed by atoms with Gasteiger partial charge in [-0.3, -0.25) is 5.10 Å². The van der Waals surface area contributed by atoms with Crippen molar-refractivity contribution in [2.24, 2.45) is 0 Å². The van der Waals surface area contributed by atoms with E-state index in [1.165, 1.54) is 17.3 Å². The maximum absolute atomic E-state index is 13.4. The Balaban J connectivity index is 1.44. The summed E-state index contributed by atoms with van der Waals surface area (Å²) in [5, 5.41) is 7.34. The van der Waals surface area contributed by atoms with E-state index in [1.54, 1.807) is 12.1 Å². The van der Waals surface area contributed by atoms with E-state index < -0.39 is 0 Å². The van der Waals surface area contributed by atoms with Crippen molar-refractivity contribution in [3.8, 4) is 0 Å². The number of hydrogen-bond acceptors (Lipinski definition) is 3. The molecule has 0 spiro atoms. The number of aromatic amines is 1. The summed E-state index contributed by atoms with van der Waals surface area (Å²) in [4.78, 5) is 4.79. The quantitative estimate of drug-likeness (QED) is 0.868. The van der Waals surface area contributed by atoms with E-state index in [9.17, 15) is 4.39 Å². The first-order valence-corrected chi connectivity index (χ1v) is 9.26. The molecule has 0 atom stereocenters. The van der Waals surface area contributed by atoms with Crippen molar-refractivity contribution in [1.82, 2.24) is 15.1 Å². The first-order chi connectivity index (χ1) is 12.0. The Morgan fingerprint density at radius 3 is 2.68 bits per heavy atom. The minimum atomic E-state index is -0.151. The lowest BCUT2D eigenvalue weighted by Crippen LogP contribution is -2.43. The van der Waals surface area contributed by atoms with Crippen LogP contribution in [-0.2, 0) is 6.42 Å². The van der Waals surface area contributed by atoms with Crippen LogP contribution in [0, 0.1) is 19.7 Å². The number of rotatable bonds is 6. The van der Waals surface area contributed by atoms with Crippen LogP contribution < -0.4 is 4.90 Å². The molecule has 1 aromatic heterocycles. The first kappa shape index (κ1) is 17.9. The molecule has 0 amide bonds. The second kappa shape index (κ2) is 8.00. The van der Waals surface area contributed by atoms with Crippen LogP contribution in [0.15, 0.2) is 24.3 Å². The van der Waals surface area contributed by atoms with Crippen molar-refractivity contribution in [2.45, 2.75) is 45.6 Å². The Hall–Kier alpha value is -1.88. The molecule has 136 valence electrons. The van der Waals surface area contributed by atoms with Gasteiger partial charge in [-0.1, -0.05) is 6.07 Å². The smallest absolute Gasteiger partial charge is 0.125 e. The van der Waals surface area contributed by atoms with Crippen LogP contribution in [0.25, 0.3) is 0 Å². The summed E-state index contributed by atoms with van der Waals surface area (Å²) in [6.07, 6.45) is 4.51. The molecule has 25 heavy (non-hydrogen) atoms. The lowest BCUT2D eigenvalue weighted by Gasteiger charge is -2.38. The number of piperidine rings is 1. The van der Waals surface area contributed by atoms with Gasteiger partial charge in [-0.25, -0.2) is 4.39 Å². The fourth-order valence-electron chi connectivity index (χ4n) is 3.87. The van der Waals surface area contributed by atoms with Gasteiger partial charge in [-0.2, -0.15) is 5.10 Å². The van der Waals surface area contributed by atoms with Crippen LogP contribution in [0.2, 0.25) is 0 Å². The topological polar surface area (TPSA) is 35.2 Å². The molecule has 2 heterocycles. The zero-order valence-corrected chi connectivity index (χ0v) is 15.6. The van der Waals surface area contributed by atoms with E-state index >= 15 is 0 Å². The van der Waals surface area contributed by atoms with E-state index in [1.807, 2.05) is 6.07 Å². The highest BCUT2D eigenvalue weighted by atomic mass is 19.1. The highest BCUT2D eigenvalue weighted by Gasteiger charge is 2.22. The average molecular weight is 344 g/mol. The molecule has 0 aliphatic carbocycles. The van der Waals surface area contributed by atoms with Crippen molar-refractivity contribution in [2.75, 3.05) is 31.6 Å². The Labute approximate surface area is 150 Å². The molecule has 1 aliphatic heterocycles. The van der Waals surface area contributed by atoms with E-state index in [-0.39, 0.29) is 5.82 Å². The third-order valence-electron chi connectivity index (χ3n) is 5.48. The summed E-state index contributed by atoms with van der Waals surface area (Å²) in [7, 11) is 2.23. The molecule has 4 nitrogen and oxygen atoms in total. The van der Waals surface area contributed by atoms with Gasteiger partial charge in [0.05, 0.1) is 5.69 Å². The van der Waals surface area contributed by atoms with Crippen LogP contribution in [0.5, 0.6) is 0 Å². The van der Waals surface area contributed by atoms with E-state index in [4.69, 9.17) is 0 Å². The van der Waals surface area contributed by atoms with Crippen LogP contribution in [-0.4, -0.2) is 47.8 Å². The molecule has 0 saturated carbocycles. The highest BCUT2D eigenvalue weighted by Crippen LogP contribution is 2.23. The number of nitrogens with one attached hydrogen (secondary N) is 1. The summed E-state index contributed by atoms with van der Waals surface area (Å²) in [6.45, 7) is 7.28. The second-order valence-electron chi connectivity index (χ2n) is 7.19. The van der Waals surface area contributed by atoms with Crippen molar-refractivity contribution >= 4 is 5.69 Å². The van der Waals surface area contributed by atoms with Crippen molar-refractivity contribution in [1.29, 1.82) is 0 Å². The molecule has 0 unspecified atom stereocenters. The Bertz CT molecular complexity index is 669. The number of hydrogen-bond donors (Lipinski definition) is 1. The van der Waals surface area contributed by atoms with E-state index in [0.717, 1.165) is 56.7 Å². The molecular formula is C20H29FN4. The molecule has 1 aliphatic rings. The van der Waals surface area contributed by atoms with Gasteiger partial charge in [0.1, 0.15) is 5.82 Å². The number of H-pyrrole nitrogens is 1. The zero-order valence-electron chi connectivity index (χ0n) is 15.6. The SMILES string of the molecule is Cc1n[nH]c(C)c1CCCN(C)C1CCN(c2cccc(F)c2)CC1. The van der Waals surface area contributed by atoms with Gasteiger partial charge in [-0.15, -0.1) is 0 Å². The van der Waals surface area contributed by atoms with E-state index in [0.29, 0.717) is 6.04 Å². The molecular weight excluding hydrogens is 315 g/mol. The minimum Gasteiger partial charge on any atom is -0.371 e. The van der Waals surface area contributed by atoms with Gasteiger partial charge in [0.15, 0.2) is 0 Å². The van der Waals surface area contributed by atoms with Crippen molar-refractivity contribution < 1.29 is 4.39 Å². The monoisotopic (exact) mass is 344 g/mol. The standard InChI is InChI=1S/C20H29FN4/c1-15-20(16(2)23-22-15)8-5-11-24(3)18-9-12-25(13-10-18)19-7-4-6-17(21)14-19/h4,6-7,14,18H,5,8-13H2,1-3H3,(H,22,23). The number of anilines is 1. The Morgan fingerprint density at radius 2 is 2.04 bits per heavy atom. The van der Waals surface area contributed by atoms with Gasteiger partial charge >= 0.3 is 0 Å². The molecule has 1 fully saturated rings. The Morgan fingerprint density at radius 1 is 1.28 bits per heavy atom. The molecule has 0 radical (unpaired) electrons. The molecule has 5 heteroatoms. The predicted octanol–water partition coefficient (Wildman–Crippen LogP) is 3.70. The number of nitrogens with zero attached hydrogens (tertiary/aromatic N) is 3. The first-order valence-electron chi connectivity index (χ1n) is 9.26. The van der Waals surface area contributed by atoms with Crippen LogP contribution in [0.1, 0.15) is 36.2 Å². The normalized spacial score (nSPS) is 16.0. The van der Waals surface area contributed by atoms with Gasteiger partial charge in [-0.05, 0) is 76.9 Å². The molecule has 0 bridgehead atoms. The summed E-state index contributed by atoms with van der Waals surface area (Å²) in [6, 6.07) is 7.56. The highest BCUT2D eigenvalue weighted by molar-refractivity contribution is 5.46. The van der Waals surface area contributed by atoms with Crippen molar-refractivity contribution in [3.63, 3.8) is 0 Å². The maximum atomic E-state index is 13.4. The summed E-state index contributed by atoms with van der Waals surface area (Å²) in [5.41, 5.74) is 4.70. The van der Waals surface area contributed by atoms with Crippen LogP contribution >= 0.6 is 0 Å². The van der Waals surface area contributed by atoms with Crippen LogP contribution in [0.3, 0.4) is 0 Å². The van der Waals surface area contributed by atoms with Gasteiger partial charge in [0.2, 0.25) is 0 Å². The molecule has 3 rings (SSSR count). The third kappa shape index (κ3) is 4.40. The lowest BCUT2D eigenvalue weighted by atomic mass is 10.0. The molecule has 1 N–H and O–H groups in total. The largest absolute Gasteiger partial charge is 0.371 e. The zero-order chi connectivity index (χ0) is 17.8. The van der Waals surface area contributed by atoms with Gasteiger partial charge < -0.3 is 9.80 Å². The predicted molar refractivity (Wildman–Crippen MR) is 101 cm³/mol. The average Bonchev–Trinajstić information content (AvgIpc) is 2.94. The number of aryl methyl sites for hydroxylation is 2. The summed E-state index contributed by atoms with van der Waals surface area (Å²) < 4.78 is 13.4. The third-order valence-corrected chi connectivity index (χ3v) is 5.48. The van der Waals surface area contributed by atoms with E-state index in [2.05, 4.69) is 40.9 Å². The summed E-state index contributed by atoms with van der Waals surface area (Å²) >= 11 is 0. The molecule has 1 saturated heterocycles. The fraction of sp³-hybridized carbons (Fsp3) is 0.550. The Kier molecular flexibility index (Phi) is 5.74. The van der Waals surface area contributed by atoms with Crippen LogP contribution in [0.4, 0.5) is 10.1 Å². The molecule has 2 aromatic rings. The van der Waals surface area contributed by atoms with Crippen molar-refractivity contribution in [3.05, 3.63) is 47.0 Å². The van der Waals surface area contributed by atoms with Gasteiger partial charge in [0.25, 0.3) is 0 Å². The molecule has 1 aromatic carbocycles. The lowest BCUT2D eigenvalue weighted by molar-refractivity contribution is 0.206. The summed E-state index contributed by atoms with van der Waals surface area (Å²) in [5.74, 6) is -0.151. The van der Waals surface area contributed by atoms with Gasteiger partial charge in [0, 0.05) is 30.5 Å². The maximum Gasteiger partial charge on any atom is 0.125 e. The second-order valence-corrected chi connectivity index (χ2v) is 7.19. The number of aromatic nitrogens is 2. The minimum absolute atomic E-state index is 0.151.